The molecular formula is C17H18BrN3O3. The molecule has 126 valence electrons. The highest BCUT2D eigenvalue weighted by Gasteiger charge is 2.23. The number of benzene rings is 1. The number of furan rings is 1. The SMILES string of the molecule is CN1CCN(C(=O)c2ccccc2NC(=O)c2ccc(Br)o2)CC1. The van der Waals surface area contributed by atoms with Gasteiger partial charge in [0.25, 0.3) is 11.8 Å². The lowest BCUT2D eigenvalue weighted by Crippen LogP contribution is -2.47. The van der Waals surface area contributed by atoms with Gasteiger partial charge in [-0.2, -0.15) is 0 Å². The van der Waals surface area contributed by atoms with Crippen molar-refractivity contribution in [2.45, 2.75) is 0 Å². The second-order valence-corrected chi connectivity index (χ2v) is 6.48. The Labute approximate surface area is 148 Å². The molecule has 0 atom stereocenters. The predicted molar refractivity (Wildman–Crippen MR) is 94.2 cm³/mol. The number of likely N-dealkylation sites (N-methyl/N-ethyl adjacent to an activating group) is 1. The van der Waals surface area contributed by atoms with Crippen LogP contribution in [0.1, 0.15) is 20.9 Å². The summed E-state index contributed by atoms with van der Waals surface area (Å²) < 4.78 is 5.73. The normalized spacial score (nSPS) is 15.3. The summed E-state index contributed by atoms with van der Waals surface area (Å²) in [5.41, 5.74) is 0.972. The summed E-state index contributed by atoms with van der Waals surface area (Å²) in [6, 6.07) is 10.3. The van der Waals surface area contributed by atoms with Crippen molar-refractivity contribution in [2.75, 3.05) is 38.5 Å². The first kappa shape index (κ1) is 16.7. The van der Waals surface area contributed by atoms with Gasteiger partial charge in [-0.15, -0.1) is 0 Å². The Bertz CT molecular complexity index is 751. The van der Waals surface area contributed by atoms with E-state index in [1.54, 1.807) is 36.4 Å². The van der Waals surface area contributed by atoms with Crippen LogP contribution in [0.2, 0.25) is 0 Å². The number of hydrogen-bond acceptors (Lipinski definition) is 4. The van der Waals surface area contributed by atoms with E-state index in [-0.39, 0.29) is 17.6 Å². The molecule has 7 heteroatoms. The fourth-order valence-electron chi connectivity index (χ4n) is 2.58. The van der Waals surface area contributed by atoms with Crippen LogP contribution in [0.5, 0.6) is 0 Å². The van der Waals surface area contributed by atoms with Gasteiger partial charge in [0, 0.05) is 26.2 Å². The van der Waals surface area contributed by atoms with E-state index in [2.05, 4.69) is 26.1 Å². The number of carbonyl (C=O) groups is 2. The third-order valence-electron chi connectivity index (χ3n) is 3.99. The van der Waals surface area contributed by atoms with Gasteiger partial charge in [-0.25, -0.2) is 0 Å². The molecule has 0 spiro atoms. The van der Waals surface area contributed by atoms with E-state index >= 15 is 0 Å². The van der Waals surface area contributed by atoms with Crippen LogP contribution in [0.4, 0.5) is 5.69 Å². The van der Waals surface area contributed by atoms with Crippen LogP contribution in [-0.4, -0.2) is 54.8 Å². The monoisotopic (exact) mass is 391 g/mol. The molecule has 0 radical (unpaired) electrons. The van der Waals surface area contributed by atoms with Gasteiger partial charge in [0.05, 0.1) is 11.3 Å². The maximum Gasteiger partial charge on any atom is 0.291 e. The van der Waals surface area contributed by atoms with E-state index in [9.17, 15) is 9.59 Å². The molecule has 1 aromatic carbocycles. The number of piperazine rings is 1. The highest BCUT2D eigenvalue weighted by atomic mass is 79.9. The number of carbonyl (C=O) groups excluding carboxylic acids is 2. The minimum Gasteiger partial charge on any atom is -0.444 e. The van der Waals surface area contributed by atoms with Crippen molar-refractivity contribution >= 4 is 33.4 Å². The molecule has 24 heavy (non-hydrogen) atoms. The van der Waals surface area contributed by atoms with Crippen LogP contribution in [0.3, 0.4) is 0 Å². The molecule has 2 heterocycles. The van der Waals surface area contributed by atoms with Gasteiger partial charge in [-0.1, -0.05) is 12.1 Å². The summed E-state index contributed by atoms with van der Waals surface area (Å²) in [6.45, 7) is 3.06. The molecule has 2 amide bonds. The highest BCUT2D eigenvalue weighted by Crippen LogP contribution is 2.20. The quantitative estimate of drug-likeness (QED) is 0.873. The molecule has 1 aromatic heterocycles. The number of amides is 2. The molecule has 1 aliphatic heterocycles. The first-order valence-electron chi connectivity index (χ1n) is 7.68. The molecule has 0 unspecified atom stereocenters. The molecule has 0 bridgehead atoms. The number of halogens is 1. The summed E-state index contributed by atoms with van der Waals surface area (Å²) in [7, 11) is 2.04. The van der Waals surface area contributed by atoms with E-state index < -0.39 is 0 Å². The molecule has 3 rings (SSSR count). The van der Waals surface area contributed by atoms with Crippen molar-refractivity contribution < 1.29 is 14.0 Å². The largest absolute Gasteiger partial charge is 0.444 e. The molecule has 1 fully saturated rings. The van der Waals surface area contributed by atoms with Crippen LogP contribution in [0, 0.1) is 0 Å². The molecule has 0 aliphatic carbocycles. The van der Waals surface area contributed by atoms with Crippen molar-refractivity contribution in [3.8, 4) is 0 Å². The summed E-state index contributed by atoms with van der Waals surface area (Å²) in [4.78, 5) is 29.0. The molecule has 0 saturated carbocycles. The zero-order valence-electron chi connectivity index (χ0n) is 13.3. The topological polar surface area (TPSA) is 65.8 Å². The van der Waals surface area contributed by atoms with Gasteiger partial charge in [0.2, 0.25) is 0 Å². The summed E-state index contributed by atoms with van der Waals surface area (Å²) in [5, 5.41) is 2.76. The molecule has 6 nitrogen and oxygen atoms in total. The fourth-order valence-corrected chi connectivity index (χ4v) is 2.89. The molecule has 1 aliphatic rings. The number of rotatable bonds is 3. The third kappa shape index (κ3) is 3.68. The minimum atomic E-state index is -0.390. The van der Waals surface area contributed by atoms with Gasteiger partial charge in [-0.05, 0) is 47.2 Å². The second kappa shape index (κ2) is 7.19. The number of hydrogen-bond donors (Lipinski definition) is 1. The number of anilines is 1. The Kier molecular flexibility index (Phi) is 5.01. The first-order chi connectivity index (χ1) is 11.5. The number of para-hydroxylation sites is 1. The fraction of sp³-hybridized carbons (Fsp3) is 0.294. The third-order valence-corrected chi connectivity index (χ3v) is 4.42. The Morgan fingerprint density at radius 3 is 2.46 bits per heavy atom. The lowest BCUT2D eigenvalue weighted by atomic mass is 10.1. The van der Waals surface area contributed by atoms with Crippen molar-refractivity contribution in [1.29, 1.82) is 0 Å². The van der Waals surface area contributed by atoms with Crippen LogP contribution >= 0.6 is 15.9 Å². The van der Waals surface area contributed by atoms with E-state index in [4.69, 9.17) is 4.42 Å². The van der Waals surface area contributed by atoms with Crippen molar-refractivity contribution in [3.05, 3.63) is 52.4 Å². The van der Waals surface area contributed by atoms with Crippen molar-refractivity contribution in [2.24, 2.45) is 0 Å². The highest BCUT2D eigenvalue weighted by molar-refractivity contribution is 9.10. The second-order valence-electron chi connectivity index (χ2n) is 5.70. The van der Waals surface area contributed by atoms with Gasteiger partial charge >= 0.3 is 0 Å². The van der Waals surface area contributed by atoms with Crippen LogP contribution in [-0.2, 0) is 0 Å². The summed E-state index contributed by atoms with van der Waals surface area (Å²) in [5.74, 6) is -0.275. The Morgan fingerprint density at radius 1 is 1.08 bits per heavy atom. The Hall–Kier alpha value is -2.12. The predicted octanol–water partition coefficient (Wildman–Crippen LogP) is 2.68. The number of nitrogens with one attached hydrogen (secondary N) is 1. The van der Waals surface area contributed by atoms with Crippen LogP contribution in [0.25, 0.3) is 0 Å². The first-order valence-corrected chi connectivity index (χ1v) is 8.47. The Balaban J connectivity index is 1.77. The van der Waals surface area contributed by atoms with E-state index in [1.807, 2.05) is 11.9 Å². The smallest absolute Gasteiger partial charge is 0.291 e. The van der Waals surface area contributed by atoms with Gasteiger partial charge < -0.3 is 19.5 Å². The average Bonchev–Trinajstić information content (AvgIpc) is 3.02. The maximum absolute atomic E-state index is 12.8. The summed E-state index contributed by atoms with van der Waals surface area (Å²) in [6.07, 6.45) is 0. The molecule has 1 saturated heterocycles. The Morgan fingerprint density at radius 2 is 1.79 bits per heavy atom. The van der Waals surface area contributed by atoms with E-state index in [1.165, 1.54) is 0 Å². The zero-order chi connectivity index (χ0) is 17.1. The lowest BCUT2D eigenvalue weighted by Gasteiger charge is -2.32. The minimum absolute atomic E-state index is 0.0698. The van der Waals surface area contributed by atoms with Crippen LogP contribution < -0.4 is 5.32 Å². The van der Waals surface area contributed by atoms with E-state index in [0.717, 1.165) is 13.1 Å². The summed E-state index contributed by atoms with van der Waals surface area (Å²) >= 11 is 3.17. The van der Waals surface area contributed by atoms with Gasteiger partial charge in [0.1, 0.15) is 0 Å². The molecular weight excluding hydrogens is 374 g/mol. The maximum atomic E-state index is 12.8. The molecule has 1 N–H and O–H groups in total. The van der Waals surface area contributed by atoms with Crippen LogP contribution in [0.15, 0.2) is 45.5 Å². The van der Waals surface area contributed by atoms with E-state index in [0.29, 0.717) is 29.0 Å². The van der Waals surface area contributed by atoms with Crippen molar-refractivity contribution in [1.82, 2.24) is 9.80 Å². The average molecular weight is 392 g/mol. The molecule has 2 aromatic rings. The lowest BCUT2D eigenvalue weighted by molar-refractivity contribution is 0.0665. The zero-order valence-corrected chi connectivity index (χ0v) is 14.9. The van der Waals surface area contributed by atoms with Crippen molar-refractivity contribution in [3.63, 3.8) is 0 Å². The number of nitrogens with zero attached hydrogens (tertiary/aromatic N) is 2. The van der Waals surface area contributed by atoms with Gasteiger partial charge in [-0.3, -0.25) is 9.59 Å². The van der Waals surface area contributed by atoms with Gasteiger partial charge in [0.15, 0.2) is 10.4 Å². The standard InChI is InChI=1S/C17H18BrN3O3/c1-20-8-10-21(11-9-20)17(23)12-4-2-3-5-13(12)19-16(22)14-6-7-15(18)24-14/h2-7H,8-11H2,1H3,(H,19,22).